The first-order valence-electron chi connectivity index (χ1n) is 6.55. The summed E-state index contributed by atoms with van der Waals surface area (Å²) >= 11 is 13.7. The molecule has 108 valence electrons. The fourth-order valence-corrected chi connectivity index (χ4v) is 3.57. The Kier molecular flexibility index (Phi) is 5.38. The molecule has 1 unspecified atom stereocenters. The van der Waals surface area contributed by atoms with Crippen LogP contribution in [0.5, 0.6) is 0 Å². The number of hydrogen-bond donors (Lipinski definition) is 1. The number of aromatic nitrogens is 2. The summed E-state index contributed by atoms with van der Waals surface area (Å²) in [5.74, 6) is 0. The number of thiazole rings is 1. The van der Waals surface area contributed by atoms with E-state index in [1.54, 1.807) is 23.6 Å². The molecule has 6 heteroatoms. The molecule has 0 bridgehead atoms. The fourth-order valence-electron chi connectivity index (χ4n) is 1.94. The molecular formula is C14H17Cl2N3S. The van der Waals surface area contributed by atoms with Crippen molar-refractivity contribution in [3.8, 4) is 10.7 Å². The largest absolute Gasteiger partial charge is 0.309 e. The first-order valence-corrected chi connectivity index (χ1v) is 8.12. The number of rotatable bonds is 5. The molecule has 0 saturated heterocycles. The van der Waals surface area contributed by atoms with Crippen LogP contribution in [-0.4, -0.2) is 16.5 Å². The zero-order valence-corrected chi connectivity index (χ0v) is 14.0. The first kappa shape index (κ1) is 15.7. The van der Waals surface area contributed by atoms with Crippen LogP contribution in [0.3, 0.4) is 0 Å². The van der Waals surface area contributed by atoms with Gasteiger partial charge in [-0.05, 0) is 32.9 Å². The zero-order valence-electron chi connectivity index (χ0n) is 11.7. The van der Waals surface area contributed by atoms with Gasteiger partial charge in [0, 0.05) is 17.1 Å². The number of nitrogens with zero attached hydrogens (tertiary/aromatic N) is 2. The van der Waals surface area contributed by atoms with Crippen LogP contribution >= 0.6 is 34.5 Å². The first-order chi connectivity index (χ1) is 9.52. The van der Waals surface area contributed by atoms with Crippen LogP contribution in [0.4, 0.5) is 0 Å². The molecule has 1 atom stereocenters. The second kappa shape index (κ2) is 6.85. The molecule has 2 aromatic heterocycles. The Morgan fingerprint density at radius 1 is 1.40 bits per heavy atom. The normalized spacial score (nSPS) is 12.7. The van der Waals surface area contributed by atoms with E-state index >= 15 is 0 Å². The average Bonchev–Trinajstić information content (AvgIpc) is 2.78. The molecule has 0 radical (unpaired) electrons. The van der Waals surface area contributed by atoms with Gasteiger partial charge in [0.05, 0.1) is 15.7 Å². The molecule has 20 heavy (non-hydrogen) atoms. The van der Waals surface area contributed by atoms with Crippen molar-refractivity contribution in [2.45, 2.75) is 33.2 Å². The van der Waals surface area contributed by atoms with Crippen molar-refractivity contribution in [3.05, 3.63) is 32.9 Å². The summed E-state index contributed by atoms with van der Waals surface area (Å²) in [5, 5.41) is 5.38. The molecule has 0 aliphatic carbocycles. The molecule has 0 fully saturated rings. The van der Waals surface area contributed by atoms with E-state index in [2.05, 4.69) is 29.1 Å². The van der Waals surface area contributed by atoms with E-state index in [0.29, 0.717) is 15.7 Å². The molecule has 2 heterocycles. The highest BCUT2D eigenvalue weighted by Gasteiger charge is 2.17. The van der Waals surface area contributed by atoms with Crippen LogP contribution in [0.25, 0.3) is 10.7 Å². The predicted octanol–water partition coefficient (Wildman–Crippen LogP) is 4.88. The number of halogens is 2. The van der Waals surface area contributed by atoms with Gasteiger partial charge in [-0.1, -0.05) is 30.1 Å². The smallest absolute Gasteiger partial charge is 0.143 e. The lowest BCUT2D eigenvalue weighted by Gasteiger charge is -2.11. The minimum absolute atomic E-state index is 0.285. The van der Waals surface area contributed by atoms with Crippen LogP contribution in [0, 0.1) is 6.92 Å². The highest BCUT2D eigenvalue weighted by molar-refractivity contribution is 7.15. The molecule has 1 N–H and O–H groups in total. The minimum atomic E-state index is 0.285. The van der Waals surface area contributed by atoms with Gasteiger partial charge in [-0.2, -0.15) is 0 Å². The quantitative estimate of drug-likeness (QED) is 0.849. The van der Waals surface area contributed by atoms with E-state index in [-0.39, 0.29) is 6.04 Å². The molecule has 2 aromatic rings. The maximum atomic E-state index is 6.19. The molecule has 3 nitrogen and oxygen atoms in total. The summed E-state index contributed by atoms with van der Waals surface area (Å²) in [6.45, 7) is 7.32. The third-order valence-electron chi connectivity index (χ3n) is 2.94. The van der Waals surface area contributed by atoms with Gasteiger partial charge in [-0.3, -0.25) is 4.98 Å². The summed E-state index contributed by atoms with van der Waals surface area (Å²) in [4.78, 5) is 10.1. The molecule has 2 rings (SSSR count). The SMILES string of the molecule is CCCNC(C)c1sc(-c2ncc(Cl)cc2Cl)nc1C. The topological polar surface area (TPSA) is 37.8 Å². The Balaban J connectivity index is 2.30. The summed E-state index contributed by atoms with van der Waals surface area (Å²) < 4.78 is 0. The van der Waals surface area contributed by atoms with E-state index in [1.165, 1.54) is 4.88 Å². The highest BCUT2D eigenvalue weighted by atomic mass is 35.5. The van der Waals surface area contributed by atoms with E-state index in [1.807, 2.05) is 6.92 Å². The Labute approximate surface area is 133 Å². The minimum Gasteiger partial charge on any atom is -0.309 e. The van der Waals surface area contributed by atoms with E-state index in [9.17, 15) is 0 Å². The summed E-state index contributed by atoms with van der Waals surface area (Å²) in [6.07, 6.45) is 2.71. The second-order valence-corrected chi connectivity index (χ2v) is 6.50. The molecule has 0 spiro atoms. The van der Waals surface area contributed by atoms with Gasteiger partial charge in [0.15, 0.2) is 0 Å². The van der Waals surface area contributed by atoms with Crippen LogP contribution in [0.2, 0.25) is 10.0 Å². The van der Waals surface area contributed by atoms with E-state index in [4.69, 9.17) is 23.2 Å². The highest BCUT2D eigenvalue weighted by Crippen LogP contribution is 2.34. The zero-order chi connectivity index (χ0) is 14.7. The van der Waals surface area contributed by atoms with Crippen LogP contribution in [-0.2, 0) is 0 Å². The molecule has 0 saturated carbocycles. The molecule has 0 amide bonds. The Bertz CT molecular complexity index is 598. The van der Waals surface area contributed by atoms with Crippen molar-refractivity contribution in [3.63, 3.8) is 0 Å². The second-order valence-electron chi connectivity index (χ2n) is 4.63. The van der Waals surface area contributed by atoms with Crippen molar-refractivity contribution in [2.24, 2.45) is 0 Å². The number of aryl methyl sites for hydroxylation is 1. The average molecular weight is 330 g/mol. The van der Waals surface area contributed by atoms with Crippen molar-refractivity contribution in [1.29, 1.82) is 0 Å². The summed E-state index contributed by atoms with van der Waals surface area (Å²) in [7, 11) is 0. The Hall–Kier alpha value is -0.680. The number of nitrogens with one attached hydrogen (secondary N) is 1. The lowest BCUT2D eigenvalue weighted by molar-refractivity contribution is 0.575. The maximum absolute atomic E-state index is 6.19. The third-order valence-corrected chi connectivity index (χ3v) is 4.78. The Morgan fingerprint density at radius 2 is 2.15 bits per heavy atom. The predicted molar refractivity (Wildman–Crippen MR) is 86.8 cm³/mol. The third kappa shape index (κ3) is 3.50. The van der Waals surface area contributed by atoms with Crippen molar-refractivity contribution in [1.82, 2.24) is 15.3 Å². The number of pyridine rings is 1. The van der Waals surface area contributed by atoms with Gasteiger partial charge in [0.1, 0.15) is 10.7 Å². The van der Waals surface area contributed by atoms with Gasteiger partial charge in [0.25, 0.3) is 0 Å². The van der Waals surface area contributed by atoms with Gasteiger partial charge in [-0.25, -0.2) is 4.98 Å². The molecule has 0 aliphatic heterocycles. The lowest BCUT2D eigenvalue weighted by Crippen LogP contribution is -2.18. The fraction of sp³-hybridized carbons (Fsp3) is 0.429. The van der Waals surface area contributed by atoms with E-state index in [0.717, 1.165) is 23.7 Å². The molecule has 0 aromatic carbocycles. The van der Waals surface area contributed by atoms with Gasteiger partial charge in [0.2, 0.25) is 0 Å². The maximum Gasteiger partial charge on any atom is 0.143 e. The van der Waals surface area contributed by atoms with Gasteiger partial charge in [-0.15, -0.1) is 11.3 Å². The van der Waals surface area contributed by atoms with Crippen molar-refractivity contribution in [2.75, 3.05) is 6.54 Å². The molecule has 0 aliphatic rings. The summed E-state index contributed by atoms with van der Waals surface area (Å²) in [5.41, 5.74) is 1.71. The standard InChI is InChI=1S/C14H17Cl2N3S/c1-4-5-17-8(2)13-9(3)19-14(20-13)12-11(16)6-10(15)7-18-12/h6-8,17H,4-5H2,1-3H3. The molecular weight excluding hydrogens is 313 g/mol. The van der Waals surface area contributed by atoms with Crippen LogP contribution < -0.4 is 5.32 Å². The van der Waals surface area contributed by atoms with Gasteiger partial charge >= 0.3 is 0 Å². The van der Waals surface area contributed by atoms with Crippen LogP contribution in [0.1, 0.15) is 36.9 Å². The Morgan fingerprint density at radius 3 is 2.80 bits per heavy atom. The van der Waals surface area contributed by atoms with Crippen molar-refractivity contribution >= 4 is 34.5 Å². The lowest BCUT2D eigenvalue weighted by atomic mass is 10.2. The summed E-state index contributed by atoms with van der Waals surface area (Å²) in [6, 6.07) is 1.98. The van der Waals surface area contributed by atoms with E-state index < -0.39 is 0 Å². The van der Waals surface area contributed by atoms with Crippen molar-refractivity contribution < 1.29 is 0 Å². The van der Waals surface area contributed by atoms with Crippen LogP contribution in [0.15, 0.2) is 12.3 Å². The number of hydrogen-bond acceptors (Lipinski definition) is 4. The monoisotopic (exact) mass is 329 g/mol. The van der Waals surface area contributed by atoms with Gasteiger partial charge < -0.3 is 5.32 Å².